The van der Waals surface area contributed by atoms with Gasteiger partial charge in [0.2, 0.25) is 0 Å². The fourth-order valence-corrected chi connectivity index (χ4v) is 2.70. The van der Waals surface area contributed by atoms with E-state index in [9.17, 15) is 14.4 Å². The number of piperidine rings is 1. The van der Waals surface area contributed by atoms with Gasteiger partial charge in [-0.05, 0) is 37.1 Å². The Morgan fingerprint density at radius 2 is 1.79 bits per heavy atom. The van der Waals surface area contributed by atoms with E-state index in [-0.39, 0.29) is 18.4 Å². The number of likely N-dealkylation sites (tertiary alicyclic amines) is 1. The van der Waals surface area contributed by atoms with Gasteiger partial charge in [-0.25, -0.2) is 4.79 Å². The molecule has 6 heteroatoms. The first-order chi connectivity index (χ1) is 11.2. The number of Topliss-reactive ketones (excluding diaryl/α,β-unsaturated/α-hetero) is 1. The van der Waals surface area contributed by atoms with E-state index in [1.807, 2.05) is 20.8 Å². The number of nitrogens with zero attached hydrogens (tertiary/aromatic N) is 1. The second-order valence-electron chi connectivity index (χ2n) is 7.21. The monoisotopic (exact) mass is 332 g/mol. The minimum absolute atomic E-state index is 0.0423. The van der Waals surface area contributed by atoms with Crippen molar-refractivity contribution in [1.29, 1.82) is 0 Å². The summed E-state index contributed by atoms with van der Waals surface area (Å²) in [6, 6.07) is 6.46. The Labute approximate surface area is 141 Å². The molecule has 24 heavy (non-hydrogen) atoms. The molecule has 1 aromatic carbocycles. The van der Waals surface area contributed by atoms with Crippen LogP contribution in [-0.4, -0.2) is 40.9 Å². The van der Waals surface area contributed by atoms with E-state index in [2.05, 4.69) is 5.32 Å². The van der Waals surface area contributed by atoms with Gasteiger partial charge in [-0.2, -0.15) is 0 Å². The van der Waals surface area contributed by atoms with Crippen molar-refractivity contribution < 1.29 is 19.5 Å². The predicted octanol–water partition coefficient (Wildman–Crippen LogP) is 3.24. The van der Waals surface area contributed by atoms with Gasteiger partial charge in [-0.15, -0.1) is 0 Å². The average molecular weight is 332 g/mol. The van der Waals surface area contributed by atoms with Crippen molar-refractivity contribution in [2.45, 2.75) is 33.6 Å². The maximum atomic E-state index is 12.3. The van der Waals surface area contributed by atoms with Crippen LogP contribution >= 0.6 is 0 Å². The molecule has 0 aromatic heterocycles. The molecule has 2 amide bonds. The molecule has 2 N–H and O–H groups in total. The van der Waals surface area contributed by atoms with Gasteiger partial charge in [0.05, 0.1) is 5.92 Å². The van der Waals surface area contributed by atoms with Gasteiger partial charge in [-0.1, -0.05) is 20.8 Å². The molecule has 1 fully saturated rings. The molecule has 0 radical (unpaired) electrons. The summed E-state index contributed by atoms with van der Waals surface area (Å²) in [5, 5.41) is 11.8. The van der Waals surface area contributed by atoms with Crippen LogP contribution in [0.5, 0.6) is 0 Å². The summed E-state index contributed by atoms with van der Waals surface area (Å²) >= 11 is 0. The summed E-state index contributed by atoms with van der Waals surface area (Å²) in [4.78, 5) is 37.1. The number of aliphatic carboxylic acids is 1. The summed E-state index contributed by atoms with van der Waals surface area (Å²) in [6.07, 6.45) is 1.28. The van der Waals surface area contributed by atoms with Crippen LogP contribution in [0.25, 0.3) is 0 Å². The Kier molecular flexibility index (Phi) is 5.26. The minimum atomic E-state index is -0.863. The number of rotatable bonds is 3. The number of urea groups is 1. The van der Waals surface area contributed by atoms with E-state index in [0.29, 0.717) is 30.6 Å². The SMILES string of the molecule is CC(C)(C)C(=O)c1ccc(NC(=O)N2CCCC(C(=O)O)C2)cc1. The number of hydrogen-bond donors (Lipinski definition) is 2. The molecule has 1 unspecified atom stereocenters. The number of anilines is 1. The lowest BCUT2D eigenvalue weighted by Gasteiger charge is -2.30. The molecular weight excluding hydrogens is 308 g/mol. The summed E-state index contributed by atoms with van der Waals surface area (Å²) in [7, 11) is 0. The quantitative estimate of drug-likeness (QED) is 0.832. The van der Waals surface area contributed by atoms with E-state index in [1.54, 1.807) is 24.3 Å². The number of nitrogens with one attached hydrogen (secondary N) is 1. The number of carbonyl (C=O) groups is 3. The molecule has 2 rings (SSSR count). The van der Waals surface area contributed by atoms with Crippen LogP contribution in [0.2, 0.25) is 0 Å². The molecule has 1 saturated heterocycles. The summed E-state index contributed by atoms with van der Waals surface area (Å²) in [5.41, 5.74) is 0.733. The highest BCUT2D eigenvalue weighted by atomic mass is 16.4. The van der Waals surface area contributed by atoms with E-state index in [4.69, 9.17) is 5.11 Å². The first kappa shape index (κ1) is 18.0. The average Bonchev–Trinajstić information content (AvgIpc) is 2.54. The van der Waals surface area contributed by atoms with Gasteiger partial charge in [0, 0.05) is 29.8 Å². The summed E-state index contributed by atoms with van der Waals surface area (Å²) < 4.78 is 0. The fraction of sp³-hybridized carbons (Fsp3) is 0.500. The van der Waals surface area contributed by atoms with E-state index in [1.165, 1.54) is 4.90 Å². The van der Waals surface area contributed by atoms with E-state index < -0.39 is 17.3 Å². The summed E-state index contributed by atoms with van der Waals surface area (Å²) in [6.45, 7) is 6.36. The van der Waals surface area contributed by atoms with Crippen molar-refractivity contribution in [2.24, 2.45) is 11.3 Å². The molecule has 0 saturated carbocycles. The molecule has 1 atom stereocenters. The van der Waals surface area contributed by atoms with Crippen LogP contribution < -0.4 is 5.32 Å². The third-order valence-electron chi connectivity index (χ3n) is 4.14. The predicted molar refractivity (Wildman–Crippen MR) is 91.2 cm³/mol. The molecular formula is C18H24N2O4. The lowest BCUT2D eigenvalue weighted by Crippen LogP contribution is -2.44. The number of amides is 2. The van der Waals surface area contributed by atoms with Crippen molar-refractivity contribution in [3.63, 3.8) is 0 Å². The van der Waals surface area contributed by atoms with Gasteiger partial charge in [-0.3, -0.25) is 9.59 Å². The van der Waals surface area contributed by atoms with Crippen LogP contribution in [0.15, 0.2) is 24.3 Å². The molecule has 6 nitrogen and oxygen atoms in total. The number of carboxylic acid groups (broad SMARTS) is 1. The zero-order valence-electron chi connectivity index (χ0n) is 14.3. The van der Waals surface area contributed by atoms with Crippen molar-refractivity contribution in [1.82, 2.24) is 4.90 Å². The Hall–Kier alpha value is -2.37. The highest BCUT2D eigenvalue weighted by Crippen LogP contribution is 2.22. The fourth-order valence-electron chi connectivity index (χ4n) is 2.70. The lowest BCUT2D eigenvalue weighted by atomic mass is 9.86. The van der Waals surface area contributed by atoms with Gasteiger partial charge >= 0.3 is 12.0 Å². The number of hydrogen-bond acceptors (Lipinski definition) is 3. The Morgan fingerprint density at radius 3 is 2.33 bits per heavy atom. The van der Waals surface area contributed by atoms with Crippen LogP contribution in [0.1, 0.15) is 44.0 Å². The Morgan fingerprint density at radius 1 is 1.17 bits per heavy atom. The van der Waals surface area contributed by atoms with E-state index >= 15 is 0 Å². The highest BCUT2D eigenvalue weighted by Gasteiger charge is 2.28. The molecule has 0 spiro atoms. The second-order valence-corrected chi connectivity index (χ2v) is 7.21. The van der Waals surface area contributed by atoms with Crippen molar-refractivity contribution >= 4 is 23.5 Å². The Balaban J connectivity index is 1.99. The smallest absolute Gasteiger partial charge is 0.321 e. The highest BCUT2D eigenvalue weighted by molar-refractivity contribution is 6.00. The van der Waals surface area contributed by atoms with Gasteiger partial charge in [0.1, 0.15) is 0 Å². The number of carboxylic acids is 1. The zero-order chi connectivity index (χ0) is 17.9. The second kappa shape index (κ2) is 7.03. The van der Waals surface area contributed by atoms with Crippen LogP contribution in [-0.2, 0) is 4.79 Å². The molecule has 1 aromatic rings. The maximum Gasteiger partial charge on any atom is 0.321 e. The van der Waals surface area contributed by atoms with Gasteiger partial charge in [0.25, 0.3) is 0 Å². The minimum Gasteiger partial charge on any atom is -0.481 e. The van der Waals surface area contributed by atoms with Crippen LogP contribution in [0.3, 0.4) is 0 Å². The number of carbonyl (C=O) groups excluding carboxylic acids is 2. The van der Waals surface area contributed by atoms with Crippen LogP contribution in [0, 0.1) is 11.3 Å². The maximum absolute atomic E-state index is 12.3. The van der Waals surface area contributed by atoms with Gasteiger partial charge in [0.15, 0.2) is 5.78 Å². The van der Waals surface area contributed by atoms with Crippen molar-refractivity contribution in [3.05, 3.63) is 29.8 Å². The topological polar surface area (TPSA) is 86.7 Å². The Bertz CT molecular complexity index is 631. The third kappa shape index (κ3) is 4.34. The normalized spacial score (nSPS) is 18.1. The van der Waals surface area contributed by atoms with Crippen molar-refractivity contribution in [2.75, 3.05) is 18.4 Å². The van der Waals surface area contributed by atoms with E-state index in [0.717, 1.165) is 0 Å². The molecule has 130 valence electrons. The number of benzene rings is 1. The third-order valence-corrected chi connectivity index (χ3v) is 4.14. The zero-order valence-corrected chi connectivity index (χ0v) is 14.3. The number of ketones is 1. The molecule has 1 aliphatic heterocycles. The first-order valence-corrected chi connectivity index (χ1v) is 8.12. The molecule has 1 heterocycles. The molecule has 0 bridgehead atoms. The molecule has 0 aliphatic carbocycles. The standard InChI is InChI=1S/C18H24N2O4/c1-18(2,3)15(21)12-6-8-14(9-7-12)19-17(24)20-10-4-5-13(11-20)16(22)23/h6-9,13H,4-5,10-11H2,1-3H3,(H,19,24)(H,22,23). The first-order valence-electron chi connectivity index (χ1n) is 8.12. The van der Waals surface area contributed by atoms with Crippen molar-refractivity contribution in [3.8, 4) is 0 Å². The van der Waals surface area contributed by atoms with Gasteiger partial charge < -0.3 is 15.3 Å². The summed E-state index contributed by atoms with van der Waals surface area (Å²) in [5.74, 6) is -1.32. The lowest BCUT2D eigenvalue weighted by molar-refractivity contribution is -0.143. The van der Waals surface area contributed by atoms with Crippen LogP contribution in [0.4, 0.5) is 10.5 Å². The largest absolute Gasteiger partial charge is 0.481 e. The molecule has 1 aliphatic rings.